The molecule has 0 spiro atoms. The van der Waals surface area contributed by atoms with Gasteiger partial charge in [-0.25, -0.2) is 0 Å². The standard InChI is InChI=1S/C13H20BrNO/c1-4-15-13(9-16-5-2)11-6-7-12(14)10(3)8-11/h6-8,13,15H,4-5,9H2,1-3H3. The summed E-state index contributed by atoms with van der Waals surface area (Å²) in [7, 11) is 0. The first-order valence-corrected chi connectivity index (χ1v) is 6.55. The lowest BCUT2D eigenvalue weighted by Gasteiger charge is -2.18. The summed E-state index contributed by atoms with van der Waals surface area (Å²) in [6.45, 7) is 8.69. The Morgan fingerprint density at radius 1 is 1.38 bits per heavy atom. The van der Waals surface area contributed by atoms with Crippen LogP contribution in [-0.4, -0.2) is 19.8 Å². The molecule has 0 amide bonds. The van der Waals surface area contributed by atoms with Gasteiger partial charge in [0.1, 0.15) is 0 Å². The van der Waals surface area contributed by atoms with Crippen molar-refractivity contribution in [2.24, 2.45) is 0 Å². The van der Waals surface area contributed by atoms with Crippen LogP contribution in [0, 0.1) is 6.92 Å². The molecule has 16 heavy (non-hydrogen) atoms. The van der Waals surface area contributed by atoms with Crippen LogP contribution in [0.15, 0.2) is 22.7 Å². The minimum absolute atomic E-state index is 0.289. The van der Waals surface area contributed by atoms with Gasteiger partial charge in [-0.15, -0.1) is 0 Å². The van der Waals surface area contributed by atoms with Gasteiger partial charge in [-0.1, -0.05) is 35.0 Å². The van der Waals surface area contributed by atoms with Gasteiger partial charge in [0.25, 0.3) is 0 Å². The summed E-state index contributed by atoms with van der Waals surface area (Å²) in [4.78, 5) is 0. The first kappa shape index (κ1) is 13.7. The van der Waals surface area contributed by atoms with Gasteiger partial charge in [-0.05, 0) is 37.6 Å². The molecule has 0 saturated carbocycles. The minimum Gasteiger partial charge on any atom is -0.380 e. The summed E-state index contributed by atoms with van der Waals surface area (Å²) in [5, 5.41) is 3.44. The highest BCUT2D eigenvalue weighted by atomic mass is 79.9. The van der Waals surface area contributed by atoms with E-state index in [1.807, 2.05) is 6.92 Å². The molecule has 1 aromatic carbocycles. The number of hydrogen-bond donors (Lipinski definition) is 1. The number of likely N-dealkylation sites (N-methyl/N-ethyl adjacent to an activating group) is 1. The largest absolute Gasteiger partial charge is 0.380 e. The Labute approximate surface area is 107 Å². The van der Waals surface area contributed by atoms with Crippen LogP contribution in [0.5, 0.6) is 0 Å². The molecular weight excluding hydrogens is 266 g/mol. The number of halogens is 1. The maximum Gasteiger partial charge on any atom is 0.0661 e. The van der Waals surface area contributed by atoms with Gasteiger partial charge in [-0.2, -0.15) is 0 Å². The highest BCUT2D eigenvalue weighted by Gasteiger charge is 2.10. The number of rotatable bonds is 6. The van der Waals surface area contributed by atoms with Gasteiger partial charge in [0.05, 0.1) is 12.6 Å². The molecule has 2 nitrogen and oxygen atoms in total. The Hall–Kier alpha value is -0.380. The van der Waals surface area contributed by atoms with Crippen LogP contribution < -0.4 is 5.32 Å². The van der Waals surface area contributed by atoms with Gasteiger partial charge in [0.2, 0.25) is 0 Å². The van der Waals surface area contributed by atoms with E-state index in [9.17, 15) is 0 Å². The van der Waals surface area contributed by atoms with Crippen molar-refractivity contribution in [3.8, 4) is 0 Å². The van der Waals surface area contributed by atoms with Crippen molar-refractivity contribution in [1.29, 1.82) is 0 Å². The average molecular weight is 286 g/mol. The summed E-state index contributed by atoms with van der Waals surface area (Å²) >= 11 is 3.52. The van der Waals surface area contributed by atoms with Crippen LogP contribution >= 0.6 is 15.9 Å². The first-order valence-electron chi connectivity index (χ1n) is 5.76. The molecule has 1 aromatic rings. The molecule has 0 aliphatic heterocycles. The Morgan fingerprint density at radius 2 is 2.12 bits per heavy atom. The Morgan fingerprint density at radius 3 is 2.69 bits per heavy atom. The van der Waals surface area contributed by atoms with Crippen molar-refractivity contribution in [3.63, 3.8) is 0 Å². The molecule has 1 rings (SSSR count). The summed E-state index contributed by atoms with van der Waals surface area (Å²) in [6, 6.07) is 6.73. The normalized spacial score (nSPS) is 12.8. The quantitative estimate of drug-likeness (QED) is 0.865. The zero-order valence-electron chi connectivity index (χ0n) is 10.2. The summed E-state index contributed by atoms with van der Waals surface area (Å²) < 4.78 is 6.65. The monoisotopic (exact) mass is 285 g/mol. The molecule has 0 aliphatic carbocycles. The molecule has 1 atom stereocenters. The summed E-state index contributed by atoms with van der Waals surface area (Å²) in [5.41, 5.74) is 2.55. The fourth-order valence-electron chi connectivity index (χ4n) is 1.64. The van der Waals surface area contributed by atoms with Crippen LogP contribution in [0.1, 0.15) is 31.0 Å². The highest BCUT2D eigenvalue weighted by Crippen LogP contribution is 2.21. The van der Waals surface area contributed by atoms with Gasteiger partial charge in [0, 0.05) is 11.1 Å². The number of hydrogen-bond acceptors (Lipinski definition) is 2. The fraction of sp³-hybridized carbons (Fsp3) is 0.538. The van der Waals surface area contributed by atoms with E-state index in [-0.39, 0.29) is 6.04 Å². The van der Waals surface area contributed by atoms with Crippen molar-refractivity contribution in [2.45, 2.75) is 26.8 Å². The smallest absolute Gasteiger partial charge is 0.0661 e. The van der Waals surface area contributed by atoms with Gasteiger partial charge in [-0.3, -0.25) is 0 Å². The summed E-state index contributed by atoms with van der Waals surface area (Å²) in [6.07, 6.45) is 0. The Kier molecular flexibility index (Phi) is 6.03. The molecule has 1 unspecified atom stereocenters. The molecule has 0 bridgehead atoms. The van der Waals surface area contributed by atoms with Crippen molar-refractivity contribution in [3.05, 3.63) is 33.8 Å². The molecule has 0 radical (unpaired) electrons. The molecule has 1 N–H and O–H groups in total. The number of ether oxygens (including phenoxy) is 1. The molecular formula is C13H20BrNO. The average Bonchev–Trinajstić information content (AvgIpc) is 2.28. The van der Waals surface area contributed by atoms with Gasteiger partial charge in [0.15, 0.2) is 0 Å². The zero-order chi connectivity index (χ0) is 12.0. The van der Waals surface area contributed by atoms with Crippen LogP contribution in [0.2, 0.25) is 0 Å². The minimum atomic E-state index is 0.289. The number of aryl methyl sites for hydroxylation is 1. The van der Waals surface area contributed by atoms with Gasteiger partial charge < -0.3 is 10.1 Å². The van der Waals surface area contributed by atoms with Crippen LogP contribution in [0.4, 0.5) is 0 Å². The van der Waals surface area contributed by atoms with E-state index in [0.29, 0.717) is 0 Å². The SMILES string of the molecule is CCNC(COCC)c1ccc(Br)c(C)c1. The van der Waals surface area contributed by atoms with E-state index in [4.69, 9.17) is 4.74 Å². The van der Waals surface area contributed by atoms with E-state index in [1.165, 1.54) is 11.1 Å². The second-order valence-corrected chi connectivity index (χ2v) is 4.63. The van der Waals surface area contributed by atoms with Crippen LogP contribution in [-0.2, 0) is 4.74 Å². The molecule has 0 heterocycles. The maximum atomic E-state index is 5.50. The molecule has 0 aliphatic rings. The van der Waals surface area contributed by atoms with Crippen molar-refractivity contribution in [2.75, 3.05) is 19.8 Å². The van der Waals surface area contributed by atoms with Gasteiger partial charge >= 0.3 is 0 Å². The molecule has 90 valence electrons. The maximum absolute atomic E-state index is 5.50. The second kappa shape index (κ2) is 7.05. The van der Waals surface area contributed by atoms with Crippen molar-refractivity contribution >= 4 is 15.9 Å². The van der Waals surface area contributed by atoms with Crippen molar-refractivity contribution in [1.82, 2.24) is 5.32 Å². The summed E-state index contributed by atoms with van der Waals surface area (Å²) in [5.74, 6) is 0. The van der Waals surface area contributed by atoms with E-state index in [0.717, 1.165) is 24.2 Å². The lowest BCUT2D eigenvalue weighted by molar-refractivity contribution is 0.123. The first-order chi connectivity index (χ1) is 7.69. The third-order valence-corrected chi connectivity index (χ3v) is 3.41. The lowest BCUT2D eigenvalue weighted by atomic mass is 10.1. The third-order valence-electron chi connectivity index (χ3n) is 2.52. The molecule has 3 heteroatoms. The van der Waals surface area contributed by atoms with Crippen LogP contribution in [0.3, 0.4) is 0 Å². The number of benzene rings is 1. The Bertz CT molecular complexity index is 328. The third kappa shape index (κ3) is 3.89. The van der Waals surface area contributed by atoms with Crippen molar-refractivity contribution < 1.29 is 4.74 Å². The Balaban J connectivity index is 2.78. The molecule has 0 aromatic heterocycles. The topological polar surface area (TPSA) is 21.3 Å². The predicted octanol–water partition coefficient (Wildman–Crippen LogP) is 3.44. The lowest BCUT2D eigenvalue weighted by Crippen LogP contribution is -2.25. The zero-order valence-corrected chi connectivity index (χ0v) is 11.8. The van der Waals surface area contributed by atoms with E-state index in [1.54, 1.807) is 0 Å². The second-order valence-electron chi connectivity index (χ2n) is 3.78. The fourth-order valence-corrected chi connectivity index (χ4v) is 1.89. The van der Waals surface area contributed by atoms with Crippen LogP contribution in [0.25, 0.3) is 0 Å². The van der Waals surface area contributed by atoms with E-state index < -0.39 is 0 Å². The van der Waals surface area contributed by atoms with E-state index in [2.05, 4.69) is 53.3 Å². The van der Waals surface area contributed by atoms with E-state index >= 15 is 0 Å². The molecule has 0 saturated heterocycles. The number of nitrogens with one attached hydrogen (secondary N) is 1. The molecule has 0 fully saturated rings. The highest BCUT2D eigenvalue weighted by molar-refractivity contribution is 9.10. The predicted molar refractivity (Wildman–Crippen MR) is 71.8 cm³/mol.